The molecule has 0 radical (unpaired) electrons. The first-order chi connectivity index (χ1) is 54.3. The summed E-state index contributed by atoms with van der Waals surface area (Å²) < 4.78 is 0. The van der Waals surface area contributed by atoms with Crippen molar-refractivity contribution >= 4 is 110 Å². The first-order valence-corrected chi connectivity index (χ1v) is 39.4. The second kappa shape index (κ2) is 46.1. The molecule has 0 bridgehead atoms. The average Bonchev–Trinajstić information content (AvgIpc) is 1.64. The summed E-state index contributed by atoms with van der Waals surface area (Å²) in [5.74, 6) is -10.6. The van der Waals surface area contributed by atoms with Crippen LogP contribution >= 0.6 is 0 Å². The molecular formula is C80H122N22O12. The smallest absolute Gasteiger partial charge is 0.326 e. The third kappa shape index (κ3) is 29.4. The molecule has 6 rings (SSSR count). The number of carbonyl (C=O) groups excluding carboxylic acids is 10. The number of nitrogens with two attached hydrogens (primary N) is 7. The Labute approximate surface area is 665 Å². The van der Waals surface area contributed by atoms with Crippen LogP contribution in [-0.2, 0) is 72.0 Å². The van der Waals surface area contributed by atoms with Gasteiger partial charge in [-0.1, -0.05) is 110 Å². The fourth-order valence-corrected chi connectivity index (χ4v) is 13.5. The third-order valence-corrected chi connectivity index (χ3v) is 19.5. The summed E-state index contributed by atoms with van der Waals surface area (Å²) in [5.41, 5.74) is 44.8. The quantitative estimate of drug-likeness (QED) is 0.0146. The SMILES string of the molecule is CC(C)C[C@H](NC(=O)[C@H](CC(C)C)NC(=O)[C@@H](N)Cc1c[nH]c2ccccc12)C(=O)N[C@@H](Cc1c[nH]c2ccccc12)C(=O)N[C@H](C(=O)N[C@@H](CC(C)C)C(=O)N[C@@H](Cc1c[nH]c2ccccc12)C(=O)N[C@@H](CCCN=C(N)N)C(=O)N[C@@H](CCCCN)C(=O)N[C@@H](CCCCN)C(=O)N[C@@H](CCCN=C(N)N)C(=O)O)C(C)C. The van der Waals surface area contributed by atoms with Crippen LogP contribution in [0.25, 0.3) is 32.7 Å². The lowest BCUT2D eigenvalue weighted by atomic mass is 9.97. The molecule has 6 aromatic rings. The van der Waals surface area contributed by atoms with Crippen LogP contribution in [0.1, 0.15) is 156 Å². The van der Waals surface area contributed by atoms with Crippen LogP contribution in [0.3, 0.4) is 0 Å². The number of H-pyrrole nitrogens is 3. The standard InChI is InChI=1S/C80H122N22O12/c1-44(2)35-62(97-68(103)54(83)38-48-41-90-55-24-12-9-21-51(48)55)72(107)98-63(36-45(3)4)73(108)100-66(40-50-43-92-57-26-14-11-23-53(50)57)76(111)102-67(47(7)8)77(112)101-64(37-46(5)6)74(109)99-65(39-49-42-91-56-25-13-10-22-52(49)56)75(110)95-60(29-19-33-88-79(84)85)70(105)93-58(27-15-17-31-81)69(104)94-59(28-16-18-32-82)71(106)96-61(78(113)114)30-20-34-89-80(86)87/h9-14,21-26,41-47,54,58-67,90-92H,15-20,27-40,81-83H2,1-8H3,(H,93,105)(H,94,104)(H,95,110)(H,96,106)(H,97,103)(H,98,107)(H,99,109)(H,100,108)(H,101,112)(H,102,111)(H,113,114)(H4,84,85,88)(H4,86,87,89)/t54-,58-,59-,60-,61-,62-,63-,64-,65-,66-,67-/m0/s1. The van der Waals surface area contributed by atoms with E-state index in [1.54, 1.807) is 38.5 Å². The van der Waals surface area contributed by atoms with Gasteiger partial charge in [0, 0.05) is 77.2 Å². The fraction of sp³-hybridized carbons (Fsp3) is 0.537. The van der Waals surface area contributed by atoms with E-state index in [1.807, 2.05) is 108 Å². The van der Waals surface area contributed by atoms with E-state index in [0.717, 1.165) is 27.4 Å². The third-order valence-electron chi connectivity index (χ3n) is 19.5. The van der Waals surface area contributed by atoms with Gasteiger partial charge in [0.1, 0.15) is 60.4 Å². The summed E-state index contributed by atoms with van der Waals surface area (Å²) in [5, 5.41) is 40.5. The molecule has 0 aliphatic rings. The summed E-state index contributed by atoms with van der Waals surface area (Å²) in [4.78, 5) is 177. The highest BCUT2D eigenvalue weighted by molar-refractivity contribution is 6.00. The fourth-order valence-electron chi connectivity index (χ4n) is 13.5. The molecule has 0 aliphatic heterocycles. The lowest BCUT2D eigenvalue weighted by molar-refractivity contribution is -0.142. The van der Waals surface area contributed by atoms with E-state index in [1.165, 1.54) is 0 Å². The molecule has 34 heteroatoms. The van der Waals surface area contributed by atoms with Crippen molar-refractivity contribution in [1.29, 1.82) is 0 Å². The van der Waals surface area contributed by atoms with E-state index >= 15 is 19.2 Å². The number of fused-ring (bicyclic) bond motifs is 3. The second-order valence-corrected chi connectivity index (χ2v) is 30.8. The van der Waals surface area contributed by atoms with Gasteiger partial charge < -0.3 is 113 Å². The van der Waals surface area contributed by atoms with Gasteiger partial charge in [0.25, 0.3) is 0 Å². The Bertz CT molecular complexity index is 4230. The van der Waals surface area contributed by atoms with Crippen molar-refractivity contribution < 1.29 is 57.8 Å². The Balaban J connectivity index is 1.27. The van der Waals surface area contributed by atoms with Gasteiger partial charge in [-0.3, -0.25) is 57.9 Å². The number of benzene rings is 3. The normalized spacial score (nSPS) is 14.4. The van der Waals surface area contributed by atoms with Gasteiger partial charge in [-0.25, -0.2) is 4.79 Å². The zero-order valence-corrected chi connectivity index (χ0v) is 66.8. The molecule has 10 amide bonds. The maximum Gasteiger partial charge on any atom is 0.326 e. The molecule has 0 unspecified atom stereocenters. The number of para-hydroxylation sites is 3. The number of carbonyl (C=O) groups is 11. The van der Waals surface area contributed by atoms with Crippen molar-refractivity contribution in [3.63, 3.8) is 0 Å². The van der Waals surface area contributed by atoms with Crippen LogP contribution in [0, 0.1) is 23.7 Å². The van der Waals surface area contributed by atoms with Gasteiger partial charge >= 0.3 is 5.97 Å². The maximum atomic E-state index is 15.3. The van der Waals surface area contributed by atoms with E-state index < -0.39 is 137 Å². The molecule has 11 atom stereocenters. The van der Waals surface area contributed by atoms with Gasteiger partial charge in [0.15, 0.2) is 11.9 Å². The Kier molecular flexibility index (Phi) is 37.1. The van der Waals surface area contributed by atoms with E-state index in [-0.39, 0.29) is 133 Å². The highest BCUT2D eigenvalue weighted by atomic mass is 16.4. The van der Waals surface area contributed by atoms with Gasteiger partial charge in [0.2, 0.25) is 59.1 Å². The van der Waals surface area contributed by atoms with Crippen molar-refractivity contribution in [3.8, 4) is 0 Å². The second-order valence-electron chi connectivity index (χ2n) is 30.8. The first kappa shape index (κ1) is 91.7. The summed E-state index contributed by atoms with van der Waals surface area (Å²) in [6, 6.07) is 7.81. The van der Waals surface area contributed by atoms with Crippen LogP contribution in [0.15, 0.2) is 101 Å². The van der Waals surface area contributed by atoms with Crippen LogP contribution in [0.4, 0.5) is 0 Å². The maximum absolute atomic E-state index is 15.3. The van der Waals surface area contributed by atoms with Crippen LogP contribution in [0.2, 0.25) is 0 Å². The van der Waals surface area contributed by atoms with E-state index in [0.29, 0.717) is 47.7 Å². The topological polar surface area (TPSA) is 583 Å². The molecule has 0 saturated carbocycles. The molecule has 28 N–H and O–H groups in total. The van der Waals surface area contributed by atoms with Gasteiger partial charge in [-0.05, 0) is 162 Å². The molecular weight excluding hydrogens is 1460 g/mol. The molecule has 0 spiro atoms. The number of rotatable bonds is 50. The van der Waals surface area contributed by atoms with Crippen LogP contribution < -0.4 is 93.3 Å². The molecule has 3 aromatic heterocycles. The number of hydrogen-bond acceptors (Lipinski definition) is 16. The Hall–Kier alpha value is -11.1. The Morgan fingerprint density at radius 1 is 0.360 bits per heavy atom. The number of amides is 10. The molecule has 624 valence electrons. The molecule has 114 heavy (non-hydrogen) atoms. The van der Waals surface area contributed by atoms with Gasteiger partial charge in [-0.15, -0.1) is 0 Å². The van der Waals surface area contributed by atoms with Gasteiger partial charge in [0.05, 0.1) is 6.04 Å². The molecule has 3 heterocycles. The summed E-state index contributed by atoms with van der Waals surface area (Å²) in [6.07, 6.45) is 7.13. The minimum atomic E-state index is -1.48. The van der Waals surface area contributed by atoms with E-state index in [2.05, 4.69) is 78.1 Å². The summed E-state index contributed by atoms with van der Waals surface area (Å²) >= 11 is 0. The monoisotopic (exact) mass is 1580 g/mol. The first-order valence-electron chi connectivity index (χ1n) is 39.4. The number of carboxylic acids is 1. The minimum Gasteiger partial charge on any atom is -0.480 e. The lowest BCUT2D eigenvalue weighted by Crippen LogP contribution is -2.62. The summed E-state index contributed by atoms with van der Waals surface area (Å²) in [7, 11) is 0. The number of aliphatic imine (C=N–C) groups is 2. The number of aromatic amines is 3. The zero-order chi connectivity index (χ0) is 83.7. The number of guanidine groups is 2. The van der Waals surface area contributed by atoms with Crippen molar-refractivity contribution in [2.75, 3.05) is 26.2 Å². The molecule has 0 aliphatic carbocycles. The Morgan fingerprint density at radius 3 is 1.00 bits per heavy atom. The molecule has 3 aromatic carbocycles. The Morgan fingerprint density at radius 2 is 0.649 bits per heavy atom. The largest absolute Gasteiger partial charge is 0.480 e. The average molecular weight is 1580 g/mol. The van der Waals surface area contributed by atoms with Crippen molar-refractivity contribution in [2.45, 2.75) is 225 Å². The number of aromatic nitrogens is 3. The van der Waals surface area contributed by atoms with E-state index in [4.69, 9.17) is 40.1 Å². The van der Waals surface area contributed by atoms with Gasteiger partial charge in [-0.2, -0.15) is 0 Å². The lowest BCUT2D eigenvalue weighted by Gasteiger charge is -2.30. The van der Waals surface area contributed by atoms with Crippen molar-refractivity contribution in [3.05, 3.63) is 108 Å². The molecule has 0 fully saturated rings. The van der Waals surface area contributed by atoms with Crippen LogP contribution in [0.5, 0.6) is 0 Å². The minimum absolute atomic E-state index is 0.00306. The highest BCUT2D eigenvalue weighted by Gasteiger charge is 2.38. The zero-order valence-electron chi connectivity index (χ0n) is 66.8. The van der Waals surface area contributed by atoms with E-state index in [9.17, 15) is 38.7 Å². The molecule has 34 nitrogen and oxygen atoms in total. The number of carboxylic acid groups (broad SMARTS) is 1. The number of hydrogen-bond donors (Lipinski definition) is 21. The number of aliphatic carboxylic acids is 1. The predicted molar refractivity (Wildman–Crippen MR) is 440 cm³/mol. The van der Waals surface area contributed by atoms with Crippen LogP contribution in [-0.4, -0.2) is 190 Å². The van der Waals surface area contributed by atoms with Crippen molar-refractivity contribution in [2.24, 2.45) is 73.8 Å². The predicted octanol–water partition coefficient (Wildman–Crippen LogP) is 1.58. The number of nitrogens with one attached hydrogen (secondary N) is 13. The number of unbranched alkanes of at least 4 members (excludes halogenated alkanes) is 2. The highest BCUT2D eigenvalue weighted by Crippen LogP contribution is 2.24. The van der Waals surface area contributed by atoms with Crippen molar-refractivity contribution in [1.82, 2.24) is 68.1 Å². The molecule has 0 saturated heterocycles. The summed E-state index contributed by atoms with van der Waals surface area (Å²) in [6.45, 7) is 15.1. The number of nitrogens with zero attached hydrogens (tertiary/aromatic N) is 2.